The smallest absolute Gasteiger partial charge is 0.349 e. The van der Waals surface area contributed by atoms with Gasteiger partial charge in [-0.2, -0.15) is 5.10 Å². The maximum absolute atomic E-state index is 13.2. The number of nitrogens with zero attached hydrogens (tertiary/aromatic N) is 6. The Kier molecular flexibility index (Phi) is 5.72. The fraction of sp³-hybridized carbons (Fsp3) is 0.320. The zero-order valence-corrected chi connectivity index (χ0v) is 20.1. The molecule has 180 valence electrons. The van der Waals surface area contributed by atoms with Crippen molar-refractivity contribution < 1.29 is 13.9 Å². The molecule has 35 heavy (non-hydrogen) atoms. The van der Waals surface area contributed by atoms with E-state index in [1.807, 2.05) is 32.9 Å². The number of hydrogen-bond acceptors (Lipinski definition) is 8. The molecule has 0 radical (unpaired) electrons. The lowest BCUT2D eigenvalue weighted by atomic mass is 10.1. The van der Waals surface area contributed by atoms with Crippen LogP contribution in [0.4, 0.5) is 5.82 Å². The van der Waals surface area contributed by atoms with Crippen LogP contribution in [0.25, 0.3) is 16.8 Å². The SMILES string of the molecule is COc1cccc2cc(C(=O)N3CCN(c4cc(-n5nc(C)cc5C)nc(C)n4)CC3)c(=O)oc12. The molecule has 0 unspecified atom stereocenters. The molecule has 5 rings (SSSR count). The molecule has 1 amide bonds. The largest absolute Gasteiger partial charge is 0.493 e. The van der Waals surface area contributed by atoms with Gasteiger partial charge in [-0.05, 0) is 39.0 Å². The minimum absolute atomic E-state index is 0.0175. The minimum atomic E-state index is -0.671. The van der Waals surface area contributed by atoms with Crippen molar-refractivity contribution in [2.45, 2.75) is 20.8 Å². The molecule has 10 heteroatoms. The summed E-state index contributed by atoms with van der Waals surface area (Å²) in [4.78, 5) is 38.7. The van der Waals surface area contributed by atoms with Gasteiger partial charge in [0.15, 0.2) is 17.2 Å². The van der Waals surface area contributed by atoms with E-state index >= 15 is 0 Å². The van der Waals surface area contributed by atoms with Gasteiger partial charge in [0.25, 0.3) is 5.91 Å². The van der Waals surface area contributed by atoms with E-state index in [0.29, 0.717) is 54.5 Å². The number of methoxy groups -OCH3 is 1. The molecule has 1 saturated heterocycles. The number of ether oxygens (including phenoxy) is 1. The predicted octanol–water partition coefficient (Wildman–Crippen LogP) is 2.66. The Hall–Kier alpha value is -4.21. The number of fused-ring (bicyclic) bond motifs is 1. The summed E-state index contributed by atoms with van der Waals surface area (Å²) in [6, 6.07) is 10.8. The van der Waals surface area contributed by atoms with E-state index in [2.05, 4.69) is 20.0 Å². The highest BCUT2D eigenvalue weighted by molar-refractivity contribution is 5.97. The summed E-state index contributed by atoms with van der Waals surface area (Å²) in [5, 5.41) is 5.16. The second-order valence-corrected chi connectivity index (χ2v) is 8.58. The van der Waals surface area contributed by atoms with Crippen LogP contribution in [0.2, 0.25) is 0 Å². The average molecular weight is 475 g/mol. The molecule has 1 aromatic carbocycles. The molecule has 1 aliphatic rings. The monoisotopic (exact) mass is 474 g/mol. The third kappa shape index (κ3) is 4.23. The molecule has 0 spiro atoms. The molecule has 4 aromatic rings. The second kappa shape index (κ2) is 8.86. The summed E-state index contributed by atoms with van der Waals surface area (Å²) in [5.74, 6) is 2.25. The zero-order valence-electron chi connectivity index (χ0n) is 20.1. The average Bonchev–Trinajstić information content (AvgIpc) is 3.20. The van der Waals surface area contributed by atoms with Crippen molar-refractivity contribution in [3.05, 3.63) is 69.6 Å². The van der Waals surface area contributed by atoms with Crippen molar-refractivity contribution in [2.24, 2.45) is 0 Å². The van der Waals surface area contributed by atoms with Crippen molar-refractivity contribution >= 4 is 22.7 Å². The quantitative estimate of drug-likeness (QED) is 0.416. The summed E-state index contributed by atoms with van der Waals surface area (Å²) in [7, 11) is 1.51. The first-order valence-electron chi connectivity index (χ1n) is 11.4. The number of piperazine rings is 1. The van der Waals surface area contributed by atoms with Crippen LogP contribution in [0.15, 0.2) is 45.6 Å². The zero-order chi connectivity index (χ0) is 24.7. The van der Waals surface area contributed by atoms with Crippen LogP contribution in [-0.2, 0) is 0 Å². The van der Waals surface area contributed by atoms with Gasteiger partial charge in [0.05, 0.1) is 12.8 Å². The van der Waals surface area contributed by atoms with Gasteiger partial charge in [-0.15, -0.1) is 0 Å². The number of amides is 1. The van der Waals surface area contributed by atoms with Crippen molar-refractivity contribution in [1.82, 2.24) is 24.6 Å². The van der Waals surface area contributed by atoms with Crippen LogP contribution in [0, 0.1) is 20.8 Å². The molecule has 1 aliphatic heterocycles. The molecular weight excluding hydrogens is 448 g/mol. The third-order valence-electron chi connectivity index (χ3n) is 6.10. The minimum Gasteiger partial charge on any atom is -0.493 e. The standard InChI is InChI=1S/C25H26N6O4/c1-15-12-16(2)31(28-15)22-14-21(26-17(3)27-22)29-8-10-30(11-9-29)24(32)19-13-18-6-5-7-20(34-4)23(18)35-25(19)33/h5-7,12-14H,8-11H2,1-4H3. The fourth-order valence-corrected chi connectivity index (χ4v) is 4.40. The first kappa shape index (κ1) is 22.6. The van der Waals surface area contributed by atoms with Gasteiger partial charge >= 0.3 is 5.63 Å². The van der Waals surface area contributed by atoms with E-state index in [4.69, 9.17) is 9.15 Å². The van der Waals surface area contributed by atoms with Crippen LogP contribution in [0.1, 0.15) is 27.6 Å². The summed E-state index contributed by atoms with van der Waals surface area (Å²) in [6.45, 7) is 7.84. The number of hydrogen-bond donors (Lipinski definition) is 0. The van der Waals surface area contributed by atoms with E-state index in [9.17, 15) is 9.59 Å². The van der Waals surface area contributed by atoms with E-state index in [1.54, 1.807) is 33.8 Å². The molecule has 3 aromatic heterocycles. The van der Waals surface area contributed by atoms with Gasteiger partial charge in [-0.25, -0.2) is 19.4 Å². The van der Waals surface area contributed by atoms with Crippen LogP contribution >= 0.6 is 0 Å². The number of para-hydroxylation sites is 1. The van der Waals surface area contributed by atoms with Crippen LogP contribution in [0.3, 0.4) is 0 Å². The summed E-state index contributed by atoms with van der Waals surface area (Å²) < 4.78 is 12.5. The topological polar surface area (TPSA) is 107 Å². The van der Waals surface area contributed by atoms with Gasteiger partial charge in [-0.1, -0.05) is 12.1 Å². The van der Waals surface area contributed by atoms with Crippen LogP contribution in [0.5, 0.6) is 5.75 Å². The molecule has 0 saturated carbocycles. The van der Waals surface area contributed by atoms with Crippen molar-refractivity contribution in [3.63, 3.8) is 0 Å². The predicted molar refractivity (Wildman–Crippen MR) is 131 cm³/mol. The number of aryl methyl sites for hydroxylation is 3. The number of benzene rings is 1. The Bertz CT molecular complexity index is 1480. The Balaban J connectivity index is 1.35. The van der Waals surface area contributed by atoms with Gasteiger partial charge in [-0.3, -0.25) is 4.79 Å². The highest BCUT2D eigenvalue weighted by Gasteiger charge is 2.26. The Morgan fingerprint density at radius 3 is 2.43 bits per heavy atom. The van der Waals surface area contributed by atoms with Gasteiger partial charge in [0.2, 0.25) is 0 Å². The van der Waals surface area contributed by atoms with E-state index in [-0.39, 0.29) is 11.5 Å². The number of carbonyl (C=O) groups is 1. The molecular formula is C25H26N6O4. The van der Waals surface area contributed by atoms with Crippen molar-refractivity contribution in [2.75, 3.05) is 38.2 Å². The molecule has 0 atom stereocenters. The number of rotatable bonds is 4. The molecule has 4 heterocycles. The molecule has 10 nitrogen and oxygen atoms in total. The number of anilines is 1. The Morgan fingerprint density at radius 2 is 1.74 bits per heavy atom. The lowest BCUT2D eigenvalue weighted by Crippen LogP contribution is -2.49. The summed E-state index contributed by atoms with van der Waals surface area (Å²) in [6.07, 6.45) is 0. The molecule has 1 fully saturated rings. The second-order valence-electron chi connectivity index (χ2n) is 8.58. The van der Waals surface area contributed by atoms with E-state index in [1.165, 1.54) is 7.11 Å². The normalized spacial score (nSPS) is 13.9. The van der Waals surface area contributed by atoms with Gasteiger partial charge in [0, 0.05) is 43.3 Å². The van der Waals surface area contributed by atoms with E-state index < -0.39 is 5.63 Å². The number of carbonyl (C=O) groups excluding carboxylic acids is 1. The molecule has 0 aliphatic carbocycles. The van der Waals surface area contributed by atoms with Crippen LogP contribution < -0.4 is 15.3 Å². The Morgan fingerprint density at radius 1 is 1.00 bits per heavy atom. The Labute approximate surface area is 201 Å². The summed E-state index contributed by atoms with van der Waals surface area (Å²) in [5.41, 5.74) is 1.59. The van der Waals surface area contributed by atoms with Gasteiger partial charge in [0.1, 0.15) is 17.2 Å². The third-order valence-corrected chi connectivity index (χ3v) is 6.10. The maximum Gasteiger partial charge on any atom is 0.349 e. The number of aromatic nitrogens is 4. The van der Waals surface area contributed by atoms with Gasteiger partial charge < -0.3 is 19.0 Å². The molecule has 0 N–H and O–H groups in total. The lowest BCUT2D eigenvalue weighted by Gasteiger charge is -2.35. The fourth-order valence-electron chi connectivity index (χ4n) is 4.40. The molecule has 0 bridgehead atoms. The highest BCUT2D eigenvalue weighted by atomic mass is 16.5. The summed E-state index contributed by atoms with van der Waals surface area (Å²) >= 11 is 0. The first-order valence-corrected chi connectivity index (χ1v) is 11.4. The lowest BCUT2D eigenvalue weighted by molar-refractivity contribution is 0.0742. The maximum atomic E-state index is 13.2. The van der Waals surface area contributed by atoms with E-state index in [0.717, 1.165) is 17.2 Å². The van der Waals surface area contributed by atoms with Crippen molar-refractivity contribution in [3.8, 4) is 11.6 Å². The van der Waals surface area contributed by atoms with Crippen LogP contribution in [-0.4, -0.2) is 63.8 Å². The first-order chi connectivity index (χ1) is 16.8. The highest BCUT2D eigenvalue weighted by Crippen LogP contribution is 2.25. The van der Waals surface area contributed by atoms with Crippen molar-refractivity contribution in [1.29, 1.82) is 0 Å².